The van der Waals surface area contributed by atoms with E-state index in [1.54, 1.807) is 0 Å². The predicted octanol–water partition coefficient (Wildman–Crippen LogP) is 2.21. The third kappa shape index (κ3) is 1.68. The fourth-order valence-electron chi connectivity index (χ4n) is 0.843. The maximum absolute atomic E-state index is 12.8. The molecule has 0 saturated carbocycles. The lowest BCUT2D eigenvalue weighted by atomic mass is 10.3. The van der Waals surface area contributed by atoms with Crippen molar-refractivity contribution in [3.8, 4) is 11.5 Å². The molecule has 1 aromatic rings. The monoisotopic (exact) mass is 192 g/mol. The highest BCUT2D eigenvalue weighted by atomic mass is 19.2. The minimum atomic E-state index is -1.51. The Hall–Kier alpha value is -1.39. The first-order valence-electron chi connectivity index (χ1n) is 3.57. The molecule has 0 aromatic heterocycles. The molecule has 0 unspecified atom stereocenters. The van der Waals surface area contributed by atoms with E-state index in [9.17, 15) is 13.2 Å². The number of benzene rings is 1. The van der Waals surface area contributed by atoms with Gasteiger partial charge in [-0.3, -0.25) is 0 Å². The molecular formula is C8H7F3O2. The van der Waals surface area contributed by atoms with Crippen molar-refractivity contribution >= 4 is 0 Å². The maximum Gasteiger partial charge on any atom is 0.207 e. The molecule has 1 N–H and O–H groups in total. The highest BCUT2D eigenvalue weighted by molar-refractivity contribution is 5.35. The molecule has 0 aliphatic rings. The SMILES string of the molecule is CCOc1c(F)cc(O)c(F)c1F. The smallest absolute Gasteiger partial charge is 0.207 e. The molecule has 0 heterocycles. The Labute approximate surface area is 72.6 Å². The summed E-state index contributed by atoms with van der Waals surface area (Å²) in [5.74, 6) is -6.03. The third-order valence-corrected chi connectivity index (χ3v) is 1.39. The van der Waals surface area contributed by atoms with Crippen molar-refractivity contribution in [2.45, 2.75) is 6.92 Å². The summed E-state index contributed by atoms with van der Waals surface area (Å²) in [6.45, 7) is 1.52. The Bertz CT molecular complexity index is 326. The van der Waals surface area contributed by atoms with Gasteiger partial charge < -0.3 is 9.84 Å². The van der Waals surface area contributed by atoms with E-state index < -0.39 is 29.0 Å². The number of hydrogen-bond donors (Lipinski definition) is 1. The normalized spacial score (nSPS) is 10.2. The van der Waals surface area contributed by atoms with E-state index in [1.165, 1.54) is 6.92 Å². The summed E-state index contributed by atoms with van der Waals surface area (Å²) >= 11 is 0. The Balaban J connectivity index is 3.26. The summed E-state index contributed by atoms with van der Waals surface area (Å²) in [5.41, 5.74) is 0. The summed E-state index contributed by atoms with van der Waals surface area (Å²) in [4.78, 5) is 0. The molecule has 0 aliphatic heterocycles. The van der Waals surface area contributed by atoms with Gasteiger partial charge in [-0.2, -0.15) is 8.78 Å². The minimum absolute atomic E-state index is 0.0120. The molecule has 0 saturated heterocycles. The lowest BCUT2D eigenvalue weighted by molar-refractivity contribution is 0.289. The van der Waals surface area contributed by atoms with Crippen LogP contribution in [0.3, 0.4) is 0 Å². The number of hydrogen-bond acceptors (Lipinski definition) is 2. The lowest BCUT2D eigenvalue weighted by Gasteiger charge is -2.06. The fourth-order valence-corrected chi connectivity index (χ4v) is 0.843. The van der Waals surface area contributed by atoms with Crippen LogP contribution in [0.5, 0.6) is 11.5 Å². The highest BCUT2D eigenvalue weighted by Crippen LogP contribution is 2.29. The standard InChI is InChI=1S/C8H7F3O2/c1-2-13-8-4(9)3-5(12)6(10)7(8)11/h3,12H,2H2,1H3. The van der Waals surface area contributed by atoms with Crippen LogP contribution in [0.1, 0.15) is 6.92 Å². The van der Waals surface area contributed by atoms with Crippen LogP contribution in [0.4, 0.5) is 13.2 Å². The summed E-state index contributed by atoms with van der Waals surface area (Å²) in [5, 5.41) is 8.66. The minimum Gasteiger partial charge on any atom is -0.505 e. The largest absolute Gasteiger partial charge is 0.505 e. The zero-order valence-corrected chi connectivity index (χ0v) is 6.77. The Morgan fingerprint density at radius 3 is 2.46 bits per heavy atom. The number of phenols is 1. The summed E-state index contributed by atoms with van der Waals surface area (Å²) in [6, 6.07) is 0.462. The van der Waals surface area contributed by atoms with E-state index in [0.717, 1.165) is 0 Å². The van der Waals surface area contributed by atoms with Crippen molar-refractivity contribution in [2.75, 3.05) is 6.61 Å². The molecule has 0 spiro atoms. The van der Waals surface area contributed by atoms with Gasteiger partial charge in [0.15, 0.2) is 17.3 Å². The van der Waals surface area contributed by atoms with E-state index >= 15 is 0 Å². The molecule has 2 nitrogen and oxygen atoms in total. The second-order valence-electron chi connectivity index (χ2n) is 2.27. The number of aromatic hydroxyl groups is 1. The Morgan fingerprint density at radius 1 is 1.31 bits per heavy atom. The van der Waals surface area contributed by atoms with Crippen LogP contribution in [0, 0.1) is 17.5 Å². The first-order valence-corrected chi connectivity index (χ1v) is 3.57. The molecule has 1 aromatic carbocycles. The van der Waals surface area contributed by atoms with E-state index in [1.807, 2.05) is 0 Å². The quantitative estimate of drug-likeness (QED) is 0.728. The first-order chi connectivity index (χ1) is 6.07. The molecule has 72 valence electrons. The molecule has 0 bridgehead atoms. The zero-order valence-electron chi connectivity index (χ0n) is 6.77. The van der Waals surface area contributed by atoms with Gasteiger partial charge >= 0.3 is 0 Å². The summed E-state index contributed by atoms with van der Waals surface area (Å²) in [6.07, 6.45) is 0. The van der Waals surface area contributed by atoms with Gasteiger partial charge in [-0.15, -0.1) is 0 Å². The number of rotatable bonds is 2. The van der Waals surface area contributed by atoms with Gasteiger partial charge in [0.2, 0.25) is 11.6 Å². The van der Waals surface area contributed by atoms with Crippen LogP contribution in [0.25, 0.3) is 0 Å². The van der Waals surface area contributed by atoms with Gasteiger partial charge in [0.1, 0.15) is 0 Å². The van der Waals surface area contributed by atoms with Crippen LogP contribution in [-0.4, -0.2) is 11.7 Å². The zero-order chi connectivity index (χ0) is 10.0. The van der Waals surface area contributed by atoms with E-state index in [4.69, 9.17) is 5.11 Å². The molecule has 1 rings (SSSR count). The molecule has 0 fully saturated rings. The molecule has 0 aliphatic carbocycles. The summed E-state index contributed by atoms with van der Waals surface area (Å²) in [7, 11) is 0. The highest BCUT2D eigenvalue weighted by Gasteiger charge is 2.19. The lowest BCUT2D eigenvalue weighted by Crippen LogP contribution is -2.00. The fraction of sp³-hybridized carbons (Fsp3) is 0.250. The van der Waals surface area contributed by atoms with Gasteiger partial charge in [-0.25, -0.2) is 4.39 Å². The maximum atomic E-state index is 12.8. The van der Waals surface area contributed by atoms with Gasteiger partial charge in [-0.05, 0) is 6.92 Å². The molecule has 0 radical (unpaired) electrons. The van der Waals surface area contributed by atoms with Crippen LogP contribution < -0.4 is 4.74 Å². The van der Waals surface area contributed by atoms with Crippen molar-refractivity contribution in [1.82, 2.24) is 0 Å². The van der Waals surface area contributed by atoms with E-state index in [0.29, 0.717) is 6.07 Å². The van der Waals surface area contributed by atoms with Gasteiger partial charge in [-0.1, -0.05) is 0 Å². The molecule has 5 heteroatoms. The van der Waals surface area contributed by atoms with E-state index in [-0.39, 0.29) is 6.61 Å². The summed E-state index contributed by atoms with van der Waals surface area (Å²) < 4.78 is 42.7. The number of halogens is 3. The molecule has 0 amide bonds. The topological polar surface area (TPSA) is 29.5 Å². The third-order valence-electron chi connectivity index (χ3n) is 1.39. The first kappa shape index (κ1) is 9.70. The number of ether oxygens (including phenoxy) is 1. The average Bonchev–Trinajstić information content (AvgIpc) is 2.09. The van der Waals surface area contributed by atoms with Crippen molar-refractivity contribution in [3.05, 3.63) is 23.5 Å². The van der Waals surface area contributed by atoms with Crippen LogP contribution >= 0.6 is 0 Å². The van der Waals surface area contributed by atoms with Crippen molar-refractivity contribution < 1.29 is 23.0 Å². The van der Waals surface area contributed by atoms with Gasteiger partial charge in [0.05, 0.1) is 6.61 Å². The second kappa shape index (κ2) is 3.55. The Kier molecular flexibility index (Phi) is 2.65. The van der Waals surface area contributed by atoms with Crippen LogP contribution in [0.2, 0.25) is 0 Å². The number of phenolic OH excluding ortho intramolecular Hbond substituents is 1. The van der Waals surface area contributed by atoms with Crippen molar-refractivity contribution in [3.63, 3.8) is 0 Å². The Morgan fingerprint density at radius 2 is 1.92 bits per heavy atom. The molecular weight excluding hydrogens is 185 g/mol. The van der Waals surface area contributed by atoms with Crippen LogP contribution in [0.15, 0.2) is 6.07 Å². The second-order valence-corrected chi connectivity index (χ2v) is 2.27. The average molecular weight is 192 g/mol. The van der Waals surface area contributed by atoms with Crippen LogP contribution in [-0.2, 0) is 0 Å². The van der Waals surface area contributed by atoms with Crippen molar-refractivity contribution in [2.24, 2.45) is 0 Å². The molecule has 13 heavy (non-hydrogen) atoms. The van der Waals surface area contributed by atoms with Gasteiger partial charge in [0, 0.05) is 6.07 Å². The van der Waals surface area contributed by atoms with Crippen molar-refractivity contribution in [1.29, 1.82) is 0 Å². The van der Waals surface area contributed by atoms with E-state index in [2.05, 4.69) is 4.74 Å². The predicted molar refractivity (Wildman–Crippen MR) is 39.1 cm³/mol. The molecule has 0 atom stereocenters. The van der Waals surface area contributed by atoms with Gasteiger partial charge in [0.25, 0.3) is 0 Å².